The van der Waals surface area contributed by atoms with Crippen LogP contribution in [0.2, 0.25) is 0 Å². The number of hydrogen-bond donors (Lipinski definition) is 1. The molecular formula is C17H29N3O. The average Bonchev–Trinajstić information content (AvgIpc) is 2.68. The van der Waals surface area contributed by atoms with Crippen LogP contribution in [0.4, 0.5) is 0 Å². The van der Waals surface area contributed by atoms with Gasteiger partial charge in [-0.05, 0) is 17.9 Å². The highest BCUT2D eigenvalue weighted by molar-refractivity contribution is 5.92. The molecule has 2 N–H and O–H groups in total. The van der Waals surface area contributed by atoms with Crippen LogP contribution in [0.5, 0.6) is 0 Å². The van der Waals surface area contributed by atoms with Crippen molar-refractivity contribution < 1.29 is 4.79 Å². The molecule has 0 aromatic carbocycles. The van der Waals surface area contributed by atoms with Crippen molar-refractivity contribution in [2.24, 2.45) is 27.5 Å². The number of carbonyl (C=O) groups excluding carboxylic acids is 1. The molecule has 1 amide bonds. The van der Waals surface area contributed by atoms with Gasteiger partial charge in [0, 0.05) is 24.1 Å². The summed E-state index contributed by atoms with van der Waals surface area (Å²) in [4.78, 5) is 18.9. The van der Waals surface area contributed by atoms with E-state index in [1.54, 1.807) is 0 Å². The molecule has 1 saturated heterocycles. The topological polar surface area (TPSA) is 58.7 Å². The average molecular weight is 291 g/mol. The number of amidine groups is 1. The zero-order valence-electron chi connectivity index (χ0n) is 14.4. The van der Waals surface area contributed by atoms with Crippen LogP contribution in [0.25, 0.3) is 0 Å². The fraction of sp³-hybridized carbons (Fsp3) is 0.765. The van der Waals surface area contributed by atoms with Gasteiger partial charge in [0.25, 0.3) is 0 Å². The van der Waals surface area contributed by atoms with Crippen LogP contribution in [-0.4, -0.2) is 29.2 Å². The molecule has 21 heavy (non-hydrogen) atoms. The number of allylic oxidation sites excluding steroid dienone is 1. The second kappa shape index (κ2) is 4.85. The summed E-state index contributed by atoms with van der Waals surface area (Å²) >= 11 is 0. The molecule has 0 unspecified atom stereocenters. The van der Waals surface area contributed by atoms with Crippen molar-refractivity contribution in [2.45, 2.75) is 60.9 Å². The number of nitrogens with zero attached hydrogens (tertiary/aromatic N) is 2. The van der Waals surface area contributed by atoms with Gasteiger partial charge in [-0.3, -0.25) is 9.79 Å². The molecule has 0 bridgehead atoms. The first-order valence-electron chi connectivity index (χ1n) is 7.81. The van der Waals surface area contributed by atoms with E-state index in [-0.39, 0.29) is 28.7 Å². The first-order chi connectivity index (χ1) is 9.43. The van der Waals surface area contributed by atoms with E-state index >= 15 is 0 Å². The van der Waals surface area contributed by atoms with E-state index in [0.29, 0.717) is 6.54 Å². The van der Waals surface area contributed by atoms with Crippen molar-refractivity contribution in [3.63, 3.8) is 0 Å². The Hall–Kier alpha value is -1.32. The molecule has 2 aliphatic rings. The highest BCUT2D eigenvalue weighted by Crippen LogP contribution is 2.44. The third kappa shape index (κ3) is 2.85. The number of nitrogens with two attached hydrogens (primary N) is 1. The third-order valence-electron chi connectivity index (χ3n) is 4.35. The molecule has 0 aromatic rings. The highest BCUT2D eigenvalue weighted by atomic mass is 16.1. The minimum Gasteiger partial charge on any atom is -0.369 e. The second-order valence-corrected chi connectivity index (χ2v) is 8.40. The first kappa shape index (κ1) is 16.1. The van der Waals surface area contributed by atoms with E-state index < -0.39 is 0 Å². The molecule has 2 heterocycles. The lowest BCUT2D eigenvalue weighted by Gasteiger charge is -2.41. The Balaban J connectivity index is 2.54. The van der Waals surface area contributed by atoms with Gasteiger partial charge in [0.2, 0.25) is 5.91 Å². The van der Waals surface area contributed by atoms with Crippen LogP contribution < -0.4 is 5.73 Å². The van der Waals surface area contributed by atoms with Crippen LogP contribution in [-0.2, 0) is 4.79 Å². The number of aliphatic imine (C=N–C) groups is 1. The molecule has 2 aliphatic heterocycles. The number of hydrogen-bond acceptors (Lipinski definition) is 3. The van der Waals surface area contributed by atoms with Crippen molar-refractivity contribution in [3.8, 4) is 0 Å². The molecular weight excluding hydrogens is 262 g/mol. The van der Waals surface area contributed by atoms with Gasteiger partial charge in [0.05, 0.1) is 12.0 Å². The normalized spacial score (nSPS) is 26.8. The molecule has 0 aliphatic carbocycles. The first-order valence-corrected chi connectivity index (χ1v) is 7.81. The maximum Gasteiger partial charge on any atom is 0.222 e. The minimum atomic E-state index is -0.203. The quantitative estimate of drug-likeness (QED) is 0.807. The van der Waals surface area contributed by atoms with E-state index in [9.17, 15) is 4.79 Å². The lowest BCUT2D eigenvalue weighted by molar-refractivity contribution is -0.121. The van der Waals surface area contributed by atoms with E-state index in [4.69, 9.17) is 10.7 Å². The van der Waals surface area contributed by atoms with Crippen LogP contribution in [0.3, 0.4) is 0 Å². The largest absolute Gasteiger partial charge is 0.369 e. The monoisotopic (exact) mass is 291 g/mol. The smallest absolute Gasteiger partial charge is 0.222 e. The lowest BCUT2D eigenvalue weighted by atomic mass is 9.79. The summed E-state index contributed by atoms with van der Waals surface area (Å²) in [5, 5.41) is 0. The summed E-state index contributed by atoms with van der Waals surface area (Å²) < 4.78 is 0. The zero-order valence-corrected chi connectivity index (χ0v) is 14.4. The van der Waals surface area contributed by atoms with Crippen molar-refractivity contribution >= 4 is 11.7 Å². The van der Waals surface area contributed by atoms with Crippen molar-refractivity contribution in [1.29, 1.82) is 0 Å². The maximum atomic E-state index is 11.7. The third-order valence-corrected chi connectivity index (χ3v) is 4.35. The number of amides is 1. The summed E-state index contributed by atoms with van der Waals surface area (Å²) in [5.41, 5.74) is 8.21. The van der Waals surface area contributed by atoms with Gasteiger partial charge in [-0.25, -0.2) is 0 Å². The minimum absolute atomic E-state index is 0.0323. The van der Waals surface area contributed by atoms with Gasteiger partial charge < -0.3 is 10.6 Å². The Morgan fingerprint density at radius 2 is 1.76 bits per heavy atom. The van der Waals surface area contributed by atoms with Gasteiger partial charge in [0.1, 0.15) is 5.84 Å². The summed E-state index contributed by atoms with van der Waals surface area (Å²) in [7, 11) is 0. The zero-order chi connectivity index (χ0) is 16.2. The van der Waals surface area contributed by atoms with Crippen LogP contribution in [0.15, 0.2) is 16.3 Å². The summed E-state index contributed by atoms with van der Waals surface area (Å²) in [6.45, 7) is 16.0. The van der Waals surface area contributed by atoms with Gasteiger partial charge in [-0.15, -0.1) is 0 Å². The Bertz CT molecular complexity index is 517. The molecule has 118 valence electrons. The molecule has 0 saturated carbocycles. The lowest BCUT2D eigenvalue weighted by Crippen LogP contribution is -2.43. The van der Waals surface area contributed by atoms with Crippen molar-refractivity contribution in [2.75, 3.05) is 6.54 Å². The van der Waals surface area contributed by atoms with E-state index in [1.807, 2.05) is 0 Å². The Labute approximate surface area is 128 Å². The van der Waals surface area contributed by atoms with Crippen LogP contribution in [0.1, 0.15) is 54.9 Å². The Morgan fingerprint density at radius 3 is 2.19 bits per heavy atom. The number of fused-ring (bicyclic) bond motifs is 1. The molecule has 1 fully saturated rings. The molecule has 2 rings (SSSR count). The van der Waals surface area contributed by atoms with Gasteiger partial charge in [-0.1, -0.05) is 41.5 Å². The van der Waals surface area contributed by atoms with E-state index in [0.717, 1.165) is 12.3 Å². The number of carbonyl (C=O) groups is 1. The summed E-state index contributed by atoms with van der Waals surface area (Å²) in [6, 6.07) is 0.164. The van der Waals surface area contributed by atoms with Gasteiger partial charge in [0.15, 0.2) is 0 Å². The Morgan fingerprint density at radius 1 is 1.19 bits per heavy atom. The van der Waals surface area contributed by atoms with Crippen molar-refractivity contribution in [1.82, 2.24) is 4.90 Å². The summed E-state index contributed by atoms with van der Waals surface area (Å²) in [5.74, 6) is 0.781. The highest BCUT2D eigenvalue weighted by Gasteiger charge is 2.43. The number of primary amides is 1. The summed E-state index contributed by atoms with van der Waals surface area (Å²) in [6.07, 6.45) is 0.751. The van der Waals surface area contributed by atoms with Gasteiger partial charge >= 0.3 is 0 Å². The molecule has 0 spiro atoms. The van der Waals surface area contributed by atoms with Crippen LogP contribution >= 0.6 is 0 Å². The Kier molecular flexibility index (Phi) is 3.71. The molecule has 2 atom stereocenters. The van der Waals surface area contributed by atoms with E-state index in [2.05, 4.69) is 53.4 Å². The SMILES string of the molecule is C[C@H]1N=C(C(C)(C)C)N2C[C@H](C(N)=O)CC2=C1C(C)(C)C. The number of rotatable bonds is 1. The molecule has 0 aromatic heterocycles. The van der Waals surface area contributed by atoms with E-state index in [1.165, 1.54) is 11.3 Å². The standard InChI is InChI=1S/C17H29N3O/c1-10-13(16(2,3)4)12-8-11(14(18)21)9-20(12)15(19-10)17(5,6)7/h10-11H,8-9H2,1-7H3,(H2,18,21)/t10-,11-/m1/s1. The van der Waals surface area contributed by atoms with Crippen LogP contribution in [0, 0.1) is 16.7 Å². The fourth-order valence-electron chi connectivity index (χ4n) is 3.62. The molecule has 0 radical (unpaired) electrons. The second-order valence-electron chi connectivity index (χ2n) is 8.40. The predicted molar refractivity (Wildman–Crippen MR) is 86.8 cm³/mol. The maximum absolute atomic E-state index is 11.7. The molecule has 4 heteroatoms. The van der Waals surface area contributed by atoms with Crippen molar-refractivity contribution in [3.05, 3.63) is 11.3 Å². The fourth-order valence-corrected chi connectivity index (χ4v) is 3.62. The predicted octanol–water partition coefficient (Wildman–Crippen LogP) is 2.94. The van der Waals surface area contributed by atoms with Gasteiger partial charge in [-0.2, -0.15) is 0 Å². The molecule has 4 nitrogen and oxygen atoms in total.